The number of hydrogen-bond acceptors (Lipinski definition) is 7. The molecule has 2 amide bonds. The van der Waals surface area contributed by atoms with Crippen molar-refractivity contribution < 1.29 is 14.5 Å². The van der Waals surface area contributed by atoms with Crippen LogP contribution in [0.15, 0.2) is 95.1 Å². The number of benzene rings is 3. The molecule has 1 saturated heterocycles. The lowest BCUT2D eigenvalue weighted by molar-refractivity contribution is -0.384. The number of carbonyl (C=O) groups is 2. The Morgan fingerprint density at radius 3 is 2.42 bits per heavy atom. The van der Waals surface area contributed by atoms with Crippen molar-refractivity contribution in [1.29, 1.82) is 0 Å². The minimum Gasteiger partial charge on any atom is -0.340 e. The van der Waals surface area contributed by atoms with Crippen LogP contribution in [-0.2, 0) is 4.79 Å². The van der Waals surface area contributed by atoms with Gasteiger partial charge in [0.2, 0.25) is 0 Å². The van der Waals surface area contributed by atoms with Crippen molar-refractivity contribution in [2.24, 2.45) is 4.99 Å². The number of carbonyl (C=O) groups excluding carboxylic acids is 2. The highest BCUT2D eigenvalue weighted by atomic mass is 32.2. The SMILES string of the molecule is CC1=C(C(=O)Nc2ccccc2)C(c2ccc(NC(=O)c3cccc([N+](=O)[O-])c3)cc2)N2CCCSC2=N1. The van der Waals surface area contributed by atoms with Gasteiger partial charge in [-0.2, -0.15) is 0 Å². The highest BCUT2D eigenvalue weighted by Gasteiger charge is 2.37. The van der Waals surface area contributed by atoms with Crippen molar-refractivity contribution in [3.63, 3.8) is 0 Å². The summed E-state index contributed by atoms with van der Waals surface area (Å²) in [6.07, 6.45) is 0.976. The zero-order valence-corrected chi connectivity index (χ0v) is 21.4. The van der Waals surface area contributed by atoms with Gasteiger partial charge in [0.1, 0.15) is 0 Å². The van der Waals surface area contributed by atoms with Crippen LogP contribution < -0.4 is 10.6 Å². The number of thioether (sulfide) groups is 1. The third-order valence-electron chi connectivity index (χ3n) is 6.34. The number of amides is 2. The molecule has 192 valence electrons. The fourth-order valence-corrected chi connectivity index (χ4v) is 5.56. The van der Waals surface area contributed by atoms with E-state index in [2.05, 4.69) is 15.5 Å². The van der Waals surface area contributed by atoms with E-state index < -0.39 is 10.8 Å². The molecule has 0 aromatic heterocycles. The van der Waals surface area contributed by atoms with E-state index in [-0.39, 0.29) is 23.2 Å². The van der Waals surface area contributed by atoms with E-state index in [9.17, 15) is 19.7 Å². The molecule has 5 rings (SSSR count). The van der Waals surface area contributed by atoms with Gasteiger partial charge in [-0.3, -0.25) is 19.7 Å². The van der Waals surface area contributed by atoms with E-state index in [1.54, 1.807) is 23.9 Å². The van der Waals surface area contributed by atoms with Crippen LogP contribution >= 0.6 is 11.8 Å². The molecule has 1 unspecified atom stereocenters. The number of amidine groups is 1. The van der Waals surface area contributed by atoms with Gasteiger partial charge < -0.3 is 15.5 Å². The van der Waals surface area contributed by atoms with E-state index in [4.69, 9.17) is 4.99 Å². The first-order valence-electron chi connectivity index (χ1n) is 12.1. The second kappa shape index (κ2) is 10.9. The Bertz CT molecular complexity index is 1450. The Morgan fingerprint density at radius 2 is 1.68 bits per heavy atom. The number of nitro groups is 1. The first-order valence-corrected chi connectivity index (χ1v) is 13.1. The smallest absolute Gasteiger partial charge is 0.270 e. The lowest BCUT2D eigenvalue weighted by Gasteiger charge is -2.40. The molecule has 9 nitrogen and oxygen atoms in total. The van der Waals surface area contributed by atoms with Crippen molar-refractivity contribution in [3.8, 4) is 0 Å². The van der Waals surface area contributed by atoms with Gasteiger partial charge in [-0.25, -0.2) is 4.99 Å². The molecular weight excluding hydrogens is 502 g/mol. The Balaban J connectivity index is 1.41. The summed E-state index contributed by atoms with van der Waals surface area (Å²) in [7, 11) is 0. The van der Waals surface area contributed by atoms with Gasteiger partial charge in [-0.1, -0.05) is 48.2 Å². The predicted molar refractivity (Wildman–Crippen MR) is 149 cm³/mol. The topological polar surface area (TPSA) is 117 Å². The maximum atomic E-state index is 13.5. The van der Waals surface area contributed by atoms with Crippen molar-refractivity contribution in [1.82, 2.24) is 4.90 Å². The standard InChI is InChI=1S/C28H25N5O4S/c1-18-24(27(35)31-21-8-3-2-4-9-21)25(32-15-6-16-38-28(32)29-18)19-11-13-22(14-12-19)30-26(34)20-7-5-10-23(17-20)33(36)37/h2-5,7-14,17,25H,6,15-16H2,1H3,(H,30,34)(H,31,35). The van der Waals surface area contributed by atoms with E-state index in [0.29, 0.717) is 22.6 Å². The number of hydrogen-bond donors (Lipinski definition) is 2. The van der Waals surface area contributed by atoms with Crippen LogP contribution in [0.4, 0.5) is 17.1 Å². The third kappa shape index (κ3) is 5.30. The summed E-state index contributed by atoms with van der Waals surface area (Å²) < 4.78 is 0. The molecule has 10 heteroatoms. The van der Waals surface area contributed by atoms with Crippen LogP contribution in [0, 0.1) is 10.1 Å². The summed E-state index contributed by atoms with van der Waals surface area (Å²) in [6, 6.07) is 21.9. The van der Waals surface area contributed by atoms with Crippen molar-refractivity contribution in [3.05, 3.63) is 111 Å². The minimum absolute atomic E-state index is 0.148. The highest BCUT2D eigenvalue weighted by Crippen LogP contribution is 2.40. The molecule has 1 fully saturated rings. The molecule has 0 radical (unpaired) electrons. The van der Waals surface area contributed by atoms with E-state index in [0.717, 1.165) is 29.4 Å². The van der Waals surface area contributed by atoms with Gasteiger partial charge in [0.05, 0.1) is 22.2 Å². The van der Waals surface area contributed by atoms with Gasteiger partial charge >= 0.3 is 0 Å². The van der Waals surface area contributed by atoms with Crippen LogP contribution in [0.1, 0.15) is 35.3 Å². The molecule has 2 heterocycles. The zero-order valence-electron chi connectivity index (χ0n) is 20.6. The molecule has 2 N–H and O–H groups in total. The Morgan fingerprint density at radius 1 is 0.974 bits per heavy atom. The number of nitrogens with zero attached hydrogens (tertiary/aromatic N) is 3. The van der Waals surface area contributed by atoms with Gasteiger partial charge in [-0.05, 0) is 49.2 Å². The Labute approximate surface area is 223 Å². The monoisotopic (exact) mass is 527 g/mol. The fourth-order valence-electron chi connectivity index (χ4n) is 4.54. The summed E-state index contributed by atoms with van der Waals surface area (Å²) in [6.45, 7) is 2.64. The van der Waals surface area contributed by atoms with Gasteiger partial charge in [0, 0.05) is 41.4 Å². The van der Waals surface area contributed by atoms with E-state index >= 15 is 0 Å². The lowest BCUT2D eigenvalue weighted by Crippen LogP contribution is -2.43. The first-order chi connectivity index (χ1) is 18.4. The molecule has 3 aromatic carbocycles. The normalized spacial score (nSPS) is 16.8. The average molecular weight is 528 g/mol. The maximum Gasteiger partial charge on any atom is 0.270 e. The van der Waals surface area contributed by atoms with Crippen LogP contribution in [0.25, 0.3) is 0 Å². The summed E-state index contributed by atoms with van der Waals surface area (Å²) in [5, 5.41) is 17.7. The van der Waals surface area contributed by atoms with Crippen molar-refractivity contribution in [2.75, 3.05) is 22.9 Å². The fraction of sp³-hybridized carbons (Fsp3) is 0.179. The number of fused-ring (bicyclic) bond motifs is 1. The lowest BCUT2D eigenvalue weighted by atomic mass is 9.93. The molecular formula is C28H25N5O4S. The maximum absolute atomic E-state index is 13.5. The molecule has 1 atom stereocenters. The molecule has 0 saturated carbocycles. The summed E-state index contributed by atoms with van der Waals surface area (Å²) in [5.74, 6) is 0.323. The van der Waals surface area contributed by atoms with E-state index in [1.807, 2.05) is 49.4 Å². The van der Waals surface area contributed by atoms with Crippen LogP contribution in [-0.4, -0.2) is 39.1 Å². The average Bonchev–Trinajstić information content (AvgIpc) is 2.93. The van der Waals surface area contributed by atoms with Gasteiger partial charge in [0.15, 0.2) is 5.17 Å². The number of anilines is 2. The number of allylic oxidation sites excluding steroid dienone is 1. The predicted octanol–water partition coefficient (Wildman–Crippen LogP) is 5.61. The van der Waals surface area contributed by atoms with Crippen LogP contribution in [0.2, 0.25) is 0 Å². The summed E-state index contributed by atoms with van der Waals surface area (Å²) in [5.41, 5.74) is 3.44. The van der Waals surface area contributed by atoms with Crippen LogP contribution in [0.5, 0.6) is 0 Å². The summed E-state index contributed by atoms with van der Waals surface area (Å²) in [4.78, 5) is 43.6. The van der Waals surface area contributed by atoms with Gasteiger partial charge in [-0.15, -0.1) is 0 Å². The largest absolute Gasteiger partial charge is 0.340 e. The Kier molecular flexibility index (Phi) is 7.23. The molecule has 3 aromatic rings. The second-order valence-corrected chi connectivity index (χ2v) is 9.96. The first kappa shape index (κ1) is 25.2. The molecule has 0 spiro atoms. The molecule has 0 bridgehead atoms. The molecule has 0 aliphatic carbocycles. The second-order valence-electron chi connectivity index (χ2n) is 8.90. The van der Waals surface area contributed by atoms with E-state index in [1.165, 1.54) is 24.3 Å². The van der Waals surface area contributed by atoms with Crippen molar-refractivity contribution in [2.45, 2.75) is 19.4 Å². The van der Waals surface area contributed by atoms with Crippen LogP contribution in [0.3, 0.4) is 0 Å². The minimum atomic E-state index is -0.534. The Hall–Kier alpha value is -4.44. The number of nitro benzene ring substituents is 1. The zero-order chi connectivity index (χ0) is 26.6. The molecule has 2 aliphatic heterocycles. The molecule has 38 heavy (non-hydrogen) atoms. The number of nitrogens with one attached hydrogen (secondary N) is 2. The molecule has 2 aliphatic rings. The number of rotatable bonds is 6. The van der Waals surface area contributed by atoms with Gasteiger partial charge in [0.25, 0.3) is 17.5 Å². The summed E-state index contributed by atoms with van der Waals surface area (Å²) >= 11 is 1.68. The number of non-ortho nitro benzene ring substituents is 1. The number of aliphatic imine (C=N–C) groups is 1. The quantitative estimate of drug-likeness (QED) is 0.318. The third-order valence-corrected chi connectivity index (χ3v) is 7.41. The number of para-hydroxylation sites is 1. The highest BCUT2D eigenvalue weighted by molar-refractivity contribution is 8.13. The van der Waals surface area contributed by atoms with Crippen molar-refractivity contribution >= 4 is 45.8 Å².